The van der Waals surface area contributed by atoms with Gasteiger partial charge in [0.1, 0.15) is 0 Å². The predicted octanol–water partition coefficient (Wildman–Crippen LogP) is 2.48. The highest BCUT2D eigenvalue weighted by molar-refractivity contribution is 6.30. The third-order valence-corrected chi connectivity index (χ3v) is 4.33. The molecule has 2 rings (SSSR count). The highest BCUT2D eigenvalue weighted by atomic mass is 35.5. The molecule has 2 N–H and O–H groups in total. The number of esters is 1. The van der Waals surface area contributed by atoms with Crippen LogP contribution in [0.2, 0.25) is 5.02 Å². The Morgan fingerprint density at radius 3 is 2.70 bits per heavy atom. The van der Waals surface area contributed by atoms with Crippen molar-refractivity contribution in [3.8, 4) is 0 Å². The summed E-state index contributed by atoms with van der Waals surface area (Å²) in [5, 5.41) is 6.21. The summed E-state index contributed by atoms with van der Waals surface area (Å²) in [5.41, 5.74) is 0.836. The Labute approximate surface area is 163 Å². The molecule has 144 valence electrons. The number of halogens is 1. The zero-order valence-electron chi connectivity index (χ0n) is 15.1. The van der Waals surface area contributed by atoms with Crippen LogP contribution in [0.5, 0.6) is 0 Å². The maximum Gasteiger partial charge on any atom is 0.330 e. The largest absolute Gasteiger partial charge is 0.463 e. The molecule has 0 bridgehead atoms. The Balaban J connectivity index is 2.00. The second kappa shape index (κ2) is 10.5. The maximum atomic E-state index is 12.2. The van der Waals surface area contributed by atoms with E-state index in [9.17, 15) is 14.4 Å². The van der Waals surface area contributed by atoms with E-state index < -0.39 is 12.0 Å². The number of hydrogen-bond donors (Lipinski definition) is 2. The molecule has 6 nitrogen and oxygen atoms in total. The van der Waals surface area contributed by atoms with E-state index in [4.69, 9.17) is 16.3 Å². The van der Waals surface area contributed by atoms with Crippen LogP contribution < -0.4 is 10.6 Å². The summed E-state index contributed by atoms with van der Waals surface area (Å²) in [6.45, 7) is 2.62. The summed E-state index contributed by atoms with van der Waals surface area (Å²) in [7, 11) is 0. The first kappa shape index (κ1) is 20.7. The highest BCUT2D eigenvalue weighted by Crippen LogP contribution is 2.17. The quantitative estimate of drug-likeness (QED) is 0.527. The van der Waals surface area contributed by atoms with Crippen molar-refractivity contribution in [2.24, 2.45) is 5.92 Å². The Hall–Kier alpha value is -2.60. The first-order valence-corrected chi connectivity index (χ1v) is 9.22. The molecule has 0 radical (unpaired) electrons. The van der Waals surface area contributed by atoms with E-state index in [2.05, 4.69) is 10.6 Å². The van der Waals surface area contributed by atoms with Crippen molar-refractivity contribution in [2.75, 3.05) is 13.2 Å². The van der Waals surface area contributed by atoms with E-state index >= 15 is 0 Å². The van der Waals surface area contributed by atoms with Crippen LogP contribution in [0.1, 0.15) is 25.3 Å². The number of carbonyl (C=O) groups is 3. The number of nitrogens with one attached hydrogen (secondary N) is 2. The van der Waals surface area contributed by atoms with Gasteiger partial charge in [0.2, 0.25) is 11.8 Å². The molecule has 0 aromatic heterocycles. The van der Waals surface area contributed by atoms with Gasteiger partial charge < -0.3 is 15.4 Å². The molecule has 1 heterocycles. The zero-order valence-corrected chi connectivity index (χ0v) is 15.9. The van der Waals surface area contributed by atoms with E-state index in [0.29, 0.717) is 24.4 Å². The number of carbonyl (C=O) groups excluding carboxylic acids is 3. The minimum Gasteiger partial charge on any atom is -0.463 e. The fourth-order valence-electron chi connectivity index (χ4n) is 2.72. The predicted molar refractivity (Wildman–Crippen MR) is 104 cm³/mol. The Kier molecular flexibility index (Phi) is 8.07. The average Bonchev–Trinajstić information content (AvgIpc) is 3.04. The van der Waals surface area contributed by atoms with Crippen LogP contribution in [-0.4, -0.2) is 37.0 Å². The van der Waals surface area contributed by atoms with E-state index in [-0.39, 0.29) is 24.3 Å². The molecule has 1 aliphatic heterocycles. The molecule has 2 amide bonds. The van der Waals surface area contributed by atoms with Gasteiger partial charge in [0, 0.05) is 35.7 Å². The van der Waals surface area contributed by atoms with Gasteiger partial charge in [-0.1, -0.05) is 29.8 Å². The number of amides is 2. The maximum absolute atomic E-state index is 12.2. The molecule has 1 saturated heterocycles. The molecular weight excluding hydrogens is 368 g/mol. The molecule has 0 unspecified atom stereocenters. The van der Waals surface area contributed by atoms with Crippen molar-refractivity contribution in [2.45, 2.75) is 25.8 Å². The van der Waals surface area contributed by atoms with Crippen molar-refractivity contribution in [1.82, 2.24) is 10.6 Å². The molecule has 0 saturated carbocycles. The monoisotopic (exact) mass is 390 g/mol. The molecule has 1 aliphatic rings. The summed E-state index contributed by atoms with van der Waals surface area (Å²) in [6, 6.07) is 6.62. The summed E-state index contributed by atoms with van der Waals surface area (Å²) < 4.78 is 4.86. The van der Waals surface area contributed by atoms with Crippen molar-refractivity contribution >= 4 is 35.5 Å². The summed E-state index contributed by atoms with van der Waals surface area (Å²) in [4.78, 5) is 35.6. The SMILES string of the molecule is CCOC(=O)C=C[C@H](C[C@@H]1CCNC1=O)NC(=O)C=Cc1ccc(Cl)cc1. The highest BCUT2D eigenvalue weighted by Gasteiger charge is 2.26. The number of ether oxygens (including phenoxy) is 1. The molecule has 1 fully saturated rings. The number of rotatable bonds is 8. The van der Waals surface area contributed by atoms with Crippen LogP contribution in [0.3, 0.4) is 0 Å². The minimum absolute atomic E-state index is 0.0320. The average molecular weight is 391 g/mol. The summed E-state index contributed by atoms with van der Waals surface area (Å²) in [5.74, 6) is -1.02. The van der Waals surface area contributed by atoms with Gasteiger partial charge in [0.15, 0.2) is 0 Å². The lowest BCUT2D eigenvalue weighted by Crippen LogP contribution is -2.35. The molecular formula is C20H23ClN2O4. The van der Waals surface area contributed by atoms with Crippen LogP contribution in [0, 0.1) is 5.92 Å². The topological polar surface area (TPSA) is 84.5 Å². The fraction of sp³-hybridized carbons (Fsp3) is 0.350. The molecule has 27 heavy (non-hydrogen) atoms. The molecule has 0 spiro atoms. The molecule has 1 aromatic rings. The smallest absolute Gasteiger partial charge is 0.330 e. The summed E-state index contributed by atoms with van der Waals surface area (Å²) >= 11 is 5.84. The second-order valence-electron chi connectivity index (χ2n) is 6.12. The van der Waals surface area contributed by atoms with Gasteiger partial charge in [0.05, 0.1) is 6.61 Å². The van der Waals surface area contributed by atoms with Gasteiger partial charge in [-0.2, -0.15) is 0 Å². The van der Waals surface area contributed by atoms with E-state index in [1.807, 2.05) is 0 Å². The van der Waals surface area contributed by atoms with Gasteiger partial charge in [-0.25, -0.2) is 4.79 Å². The number of benzene rings is 1. The van der Waals surface area contributed by atoms with Crippen LogP contribution >= 0.6 is 11.6 Å². The van der Waals surface area contributed by atoms with E-state index in [1.54, 1.807) is 43.3 Å². The van der Waals surface area contributed by atoms with Gasteiger partial charge in [-0.05, 0) is 43.5 Å². The lowest BCUT2D eigenvalue weighted by molar-refractivity contribution is -0.137. The van der Waals surface area contributed by atoms with E-state index in [1.165, 1.54) is 12.2 Å². The normalized spacial score (nSPS) is 17.9. The van der Waals surface area contributed by atoms with Crippen molar-refractivity contribution in [3.63, 3.8) is 0 Å². The number of hydrogen-bond acceptors (Lipinski definition) is 4. The second-order valence-corrected chi connectivity index (χ2v) is 6.56. The van der Waals surface area contributed by atoms with Crippen LogP contribution in [0.25, 0.3) is 6.08 Å². The van der Waals surface area contributed by atoms with Gasteiger partial charge in [-0.15, -0.1) is 0 Å². The molecule has 1 aromatic carbocycles. The third kappa shape index (κ3) is 7.27. The minimum atomic E-state index is -0.482. The molecule has 0 aliphatic carbocycles. The van der Waals surface area contributed by atoms with Gasteiger partial charge in [-0.3, -0.25) is 9.59 Å². The lowest BCUT2D eigenvalue weighted by Gasteiger charge is -2.17. The van der Waals surface area contributed by atoms with Crippen molar-refractivity contribution < 1.29 is 19.1 Å². The van der Waals surface area contributed by atoms with Crippen molar-refractivity contribution in [3.05, 3.63) is 53.1 Å². The van der Waals surface area contributed by atoms with Crippen molar-refractivity contribution in [1.29, 1.82) is 0 Å². The van der Waals surface area contributed by atoms with Crippen LogP contribution in [0.4, 0.5) is 0 Å². The van der Waals surface area contributed by atoms with Crippen LogP contribution in [-0.2, 0) is 19.1 Å². The fourth-order valence-corrected chi connectivity index (χ4v) is 2.85. The first-order chi connectivity index (χ1) is 13.0. The standard InChI is InChI=1S/C20H23ClN2O4/c1-2-27-19(25)10-8-17(13-15-11-12-22-20(15)26)23-18(24)9-5-14-3-6-16(21)7-4-14/h3-10,15,17H,2,11-13H2,1H3,(H,22,26)(H,23,24)/t15-,17+/m0/s1. The molecule has 2 atom stereocenters. The Morgan fingerprint density at radius 1 is 1.33 bits per heavy atom. The zero-order chi connectivity index (χ0) is 19.6. The Morgan fingerprint density at radius 2 is 2.07 bits per heavy atom. The summed E-state index contributed by atoms with van der Waals surface area (Å²) in [6.07, 6.45) is 7.05. The Bertz CT molecular complexity index is 728. The first-order valence-electron chi connectivity index (χ1n) is 8.84. The van der Waals surface area contributed by atoms with Gasteiger partial charge in [0.25, 0.3) is 0 Å². The molecule has 7 heteroatoms. The van der Waals surface area contributed by atoms with Crippen LogP contribution in [0.15, 0.2) is 42.5 Å². The van der Waals surface area contributed by atoms with Gasteiger partial charge >= 0.3 is 5.97 Å². The lowest BCUT2D eigenvalue weighted by atomic mass is 9.98. The third-order valence-electron chi connectivity index (χ3n) is 4.08. The van der Waals surface area contributed by atoms with E-state index in [0.717, 1.165) is 5.56 Å².